The van der Waals surface area contributed by atoms with Gasteiger partial charge in [-0.25, -0.2) is 4.39 Å². The average Bonchev–Trinajstić information content (AvgIpc) is 2.48. The second-order valence-electron chi connectivity index (χ2n) is 5.41. The summed E-state index contributed by atoms with van der Waals surface area (Å²) in [5, 5.41) is 0. The van der Waals surface area contributed by atoms with Crippen molar-refractivity contribution < 1.29 is 9.13 Å². The highest BCUT2D eigenvalue weighted by Gasteiger charge is 2.18. The average molecular weight is 286 g/mol. The maximum atomic E-state index is 13.7. The van der Waals surface area contributed by atoms with Crippen LogP contribution in [-0.4, -0.2) is 18.6 Å². The van der Waals surface area contributed by atoms with Gasteiger partial charge >= 0.3 is 0 Å². The number of hydrogen-bond acceptors (Lipinski definition) is 3. The van der Waals surface area contributed by atoms with E-state index in [4.69, 9.17) is 10.5 Å². The number of benzene rings is 2. The summed E-state index contributed by atoms with van der Waals surface area (Å²) >= 11 is 0. The number of ether oxygens (including phenoxy) is 1. The summed E-state index contributed by atoms with van der Waals surface area (Å²) in [5.74, 6) is -0.0211. The molecule has 3 nitrogen and oxygen atoms in total. The molecule has 0 fully saturated rings. The molecule has 0 amide bonds. The smallest absolute Gasteiger partial charge is 0.165 e. The molecule has 1 aliphatic rings. The molecular weight excluding hydrogens is 267 g/mol. The number of methoxy groups -OCH3 is 1. The molecule has 0 saturated heterocycles. The largest absolute Gasteiger partial charge is 0.494 e. The van der Waals surface area contributed by atoms with Crippen LogP contribution in [0.3, 0.4) is 0 Å². The standard InChI is InChI=1S/C17H19FN2O/c1-21-17-6-5-12(9-15(17)18)10-20-8-7-14-13(11-20)3-2-4-16(14)19/h2-6,9H,7-8,10-11,19H2,1H3. The Morgan fingerprint density at radius 3 is 2.90 bits per heavy atom. The molecule has 0 radical (unpaired) electrons. The first-order valence-electron chi connectivity index (χ1n) is 7.08. The third-order valence-corrected chi connectivity index (χ3v) is 4.00. The second kappa shape index (κ2) is 5.74. The Bertz CT molecular complexity index is 657. The Labute approximate surface area is 124 Å². The quantitative estimate of drug-likeness (QED) is 0.882. The van der Waals surface area contributed by atoms with E-state index in [0.717, 1.165) is 37.3 Å². The van der Waals surface area contributed by atoms with Gasteiger partial charge in [0.2, 0.25) is 0 Å². The Morgan fingerprint density at radius 2 is 2.14 bits per heavy atom. The van der Waals surface area contributed by atoms with Crippen molar-refractivity contribution in [2.75, 3.05) is 19.4 Å². The van der Waals surface area contributed by atoms with Crippen LogP contribution in [0.15, 0.2) is 36.4 Å². The first-order chi connectivity index (χ1) is 10.2. The molecule has 0 unspecified atom stereocenters. The van der Waals surface area contributed by atoms with E-state index in [0.29, 0.717) is 0 Å². The molecule has 0 saturated carbocycles. The predicted octanol–water partition coefficient (Wildman–Crippen LogP) is 2.97. The number of nitrogen functional groups attached to an aromatic ring is 1. The Kier molecular flexibility index (Phi) is 3.80. The molecule has 110 valence electrons. The van der Waals surface area contributed by atoms with Crippen molar-refractivity contribution in [2.45, 2.75) is 19.5 Å². The van der Waals surface area contributed by atoms with Gasteiger partial charge in [0, 0.05) is 25.3 Å². The number of rotatable bonds is 3. The Morgan fingerprint density at radius 1 is 1.29 bits per heavy atom. The highest BCUT2D eigenvalue weighted by atomic mass is 19.1. The first-order valence-corrected chi connectivity index (χ1v) is 7.08. The second-order valence-corrected chi connectivity index (χ2v) is 5.41. The van der Waals surface area contributed by atoms with Gasteiger partial charge in [-0.05, 0) is 41.3 Å². The lowest BCUT2D eigenvalue weighted by Crippen LogP contribution is -2.30. The molecule has 1 heterocycles. The van der Waals surface area contributed by atoms with Crippen LogP contribution in [0.2, 0.25) is 0 Å². The zero-order valence-corrected chi connectivity index (χ0v) is 12.1. The van der Waals surface area contributed by atoms with Gasteiger partial charge in [-0.15, -0.1) is 0 Å². The lowest BCUT2D eigenvalue weighted by molar-refractivity contribution is 0.245. The van der Waals surface area contributed by atoms with E-state index in [1.54, 1.807) is 12.1 Å². The molecule has 0 bridgehead atoms. The van der Waals surface area contributed by atoms with E-state index in [9.17, 15) is 4.39 Å². The molecule has 0 spiro atoms. The lowest BCUT2D eigenvalue weighted by atomic mass is 9.97. The fourth-order valence-electron chi connectivity index (χ4n) is 2.90. The molecular formula is C17H19FN2O. The van der Waals surface area contributed by atoms with Crippen molar-refractivity contribution in [1.29, 1.82) is 0 Å². The SMILES string of the molecule is COc1ccc(CN2CCc3c(N)cccc3C2)cc1F. The number of nitrogens with two attached hydrogens (primary N) is 1. The summed E-state index contributed by atoms with van der Waals surface area (Å²) in [6, 6.07) is 11.2. The van der Waals surface area contributed by atoms with Gasteiger partial charge in [0.1, 0.15) is 0 Å². The fraction of sp³-hybridized carbons (Fsp3) is 0.294. The molecule has 0 atom stereocenters. The van der Waals surface area contributed by atoms with Crippen LogP contribution in [0.1, 0.15) is 16.7 Å². The van der Waals surface area contributed by atoms with E-state index in [-0.39, 0.29) is 11.6 Å². The number of anilines is 1. The Balaban J connectivity index is 1.74. The maximum absolute atomic E-state index is 13.7. The van der Waals surface area contributed by atoms with Gasteiger partial charge in [0.25, 0.3) is 0 Å². The van der Waals surface area contributed by atoms with Crippen molar-refractivity contribution in [3.63, 3.8) is 0 Å². The van der Waals surface area contributed by atoms with Gasteiger partial charge in [-0.1, -0.05) is 18.2 Å². The zero-order chi connectivity index (χ0) is 14.8. The summed E-state index contributed by atoms with van der Waals surface area (Å²) in [7, 11) is 1.48. The van der Waals surface area contributed by atoms with Crippen LogP contribution in [-0.2, 0) is 19.5 Å². The number of hydrogen-bond donors (Lipinski definition) is 1. The fourth-order valence-corrected chi connectivity index (χ4v) is 2.90. The van der Waals surface area contributed by atoms with Crippen LogP contribution in [0.25, 0.3) is 0 Å². The molecule has 0 aliphatic carbocycles. The molecule has 4 heteroatoms. The van der Waals surface area contributed by atoms with Crippen molar-refractivity contribution in [1.82, 2.24) is 4.90 Å². The van der Waals surface area contributed by atoms with Gasteiger partial charge in [-0.3, -0.25) is 4.90 Å². The molecule has 3 rings (SSSR count). The molecule has 2 aromatic rings. The summed E-state index contributed by atoms with van der Waals surface area (Å²) in [6.45, 7) is 2.53. The topological polar surface area (TPSA) is 38.5 Å². The summed E-state index contributed by atoms with van der Waals surface area (Å²) in [5.41, 5.74) is 10.4. The molecule has 21 heavy (non-hydrogen) atoms. The minimum atomic E-state index is -0.309. The number of fused-ring (bicyclic) bond motifs is 1. The van der Waals surface area contributed by atoms with E-state index in [1.807, 2.05) is 18.2 Å². The maximum Gasteiger partial charge on any atom is 0.165 e. The number of nitrogens with zero attached hydrogens (tertiary/aromatic N) is 1. The third-order valence-electron chi connectivity index (χ3n) is 4.00. The normalized spacial score (nSPS) is 14.8. The van der Waals surface area contributed by atoms with Crippen molar-refractivity contribution in [2.24, 2.45) is 0 Å². The van der Waals surface area contributed by atoms with Gasteiger partial charge in [0.05, 0.1) is 7.11 Å². The zero-order valence-electron chi connectivity index (χ0n) is 12.1. The minimum Gasteiger partial charge on any atom is -0.494 e. The van der Waals surface area contributed by atoms with E-state index >= 15 is 0 Å². The van der Waals surface area contributed by atoms with E-state index in [2.05, 4.69) is 11.0 Å². The first kappa shape index (κ1) is 13.9. The van der Waals surface area contributed by atoms with Crippen LogP contribution >= 0.6 is 0 Å². The molecule has 1 aliphatic heterocycles. The summed E-state index contributed by atoms with van der Waals surface area (Å²) in [4.78, 5) is 2.31. The molecule has 2 N–H and O–H groups in total. The van der Waals surface area contributed by atoms with Crippen LogP contribution in [0.5, 0.6) is 5.75 Å². The lowest BCUT2D eigenvalue weighted by Gasteiger charge is -2.29. The van der Waals surface area contributed by atoms with Gasteiger partial charge in [-0.2, -0.15) is 0 Å². The van der Waals surface area contributed by atoms with Gasteiger partial charge < -0.3 is 10.5 Å². The highest BCUT2D eigenvalue weighted by molar-refractivity contribution is 5.51. The monoisotopic (exact) mass is 286 g/mol. The summed E-state index contributed by atoms with van der Waals surface area (Å²) < 4.78 is 18.7. The predicted molar refractivity (Wildman–Crippen MR) is 81.6 cm³/mol. The van der Waals surface area contributed by atoms with E-state index < -0.39 is 0 Å². The molecule has 0 aromatic heterocycles. The van der Waals surface area contributed by atoms with Crippen LogP contribution in [0.4, 0.5) is 10.1 Å². The van der Waals surface area contributed by atoms with Crippen LogP contribution in [0, 0.1) is 5.82 Å². The third kappa shape index (κ3) is 2.85. The van der Waals surface area contributed by atoms with Crippen molar-refractivity contribution in [3.05, 3.63) is 58.9 Å². The highest BCUT2D eigenvalue weighted by Crippen LogP contribution is 2.26. The number of halogens is 1. The Hall–Kier alpha value is -2.07. The van der Waals surface area contributed by atoms with Crippen molar-refractivity contribution in [3.8, 4) is 5.75 Å². The summed E-state index contributed by atoms with van der Waals surface area (Å²) in [6.07, 6.45) is 0.945. The van der Waals surface area contributed by atoms with Crippen LogP contribution < -0.4 is 10.5 Å². The molecule has 2 aromatic carbocycles. The van der Waals surface area contributed by atoms with Crippen molar-refractivity contribution >= 4 is 5.69 Å². The van der Waals surface area contributed by atoms with E-state index in [1.165, 1.54) is 18.2 Å². The minimum absolute atomic E-state index is 0.288. The van der Waals surface area contributed by atoms with Gasteiger partial charge in [0.15, 0.2) is 11.6 Å².